The zero-order valence-corrected chi connectivity index (χ0v) is 18.3. The van der Waals surface area contributed by atoms with Gasteiger partial charge in [0.1, 0.15) is 17.5 Å². The number of rotatable bonds is 8. The number of hydrogen-bond acceptors (Lipinski definition) is 8. The van der Waals surface area contributed by atoms with Crippen LogP contribution in [0.3, 0.4) is 0 Å². The van der Waals surface area contributed by atoms with Gasteiger partial charge in [-0.1, -0.05) is 0 Å². The molecule has 0 aliphatic rings. The van der Waals surface area contributed by atoms with E-state index in [0.29, 0.717) is 15.9 Å². The number of fused-ring (bicyclic) bond motifs is 1. The molecule has 0 unspecified atom stereocenters. The Morgan fingerprint density at radius 1 is 1.26 bits per heavy atom. The van der Waals surface area contributed by atoms with Gasteiger partial charge in [0.2, 0.25) is 0 Å². The molecule has 8 nitrogen and oxygen atoms in total. The van der Waals surface area contributed by atoms with Crippen molar-refractivity contribution in [3.63, 3.8) is 0 Å². The van der Waals surface area contributed by atoms with Crippen molar-refractivity contribution in [1.82, 2.24) is 20.3 Å². The summed E-state index contributed by atoms with van der Waals surface area (Å²) in [5, 5.41) is 18.1. The third-order valence-corrected chi connectivity index (χ3v) is 5.20. The number of carbonyl (C=O) groups excluding carboxylic acids is 1. The van der Waals surface area contributed by atoms with Crippen LogP contribution in [0.2, 0.25) is 0 Å². The number of carbonyl (C=O) groups is 1. The number of aromatic nitrogens is 3. The molecular formula is C20H24F2N6O2S. The highest BCUT2D eigenvalue weighted by Gasteiger charge is 2.27. The molecule has 0 aliphatic carbocycles. The average Bonchev–Trinajstić information content (AvgIpc) is 3.16. The number of thiazole rings is 1. The van der Waals surface area contributed by atoms with E-state index in [1.54, 1.807) is 6.07 Å². The van der Waals surface area contributed by atoms with Crippen LogP contribution in [-0.2, 0) is 0 Å². The molecule has 0 saturated carbocycles. The van der Waals surface area contributed by atoms with Crippen molar-refractivity contribution in [2.45, 2.75) is 45.5 Å². The fourth-order valence-electron chi connectivity index (χ4n) is 2.67. The largest absolute Gasteiger partial charge is 0.387 e. The van der Waals surface area contributed by atoms with Crippen molar-refractivity contribution in [2.24, 2.45) is 0 Å². The second kappa shape index (κ2) is 9.06. The Labute approximate surface area is 182 Å². The molecule has 3 aromatic heterocycles. The van der Waals surface area contributed by atoms with Gasteiger partial charge >= 0.3 is 0 Å². The van der Waals surface area contributed by atoms with E-state index in [1.165, 1.54) is 43.1 Å². The summed E-state index contributed by atoms with van der Waals surface area (Å²) >= 11 is 1.17. The fourth-order valence-corrected chi connectivity index (χ4v) is 3.37. The van der Waals surface area contributed by atoms with Crippen LogP contribution in [0.25, 0.3) is 10.2 Å². The molecule has 0 radical (unpaired) electrons. The molecule has 4 N–H and O–H groups in total. The molecule has 3 aromatic rings. The van der Waals surface area contributed by atoms with Gasteiger partial charge in [-0.2, -0.15) is 0 Å². The average molecular weight is 451 g/mol. The molecule has 31 heavy (non-hydrogen) atoms. The summed E-state index contributed by atoms with van der Waals surface area (Å²) in [6.45, 7) is 6.08. The minimum absolute atomic E-state index is 0.0117. The lowest BCUT2D eigenvalue weighted by Crippen LogP contribution is -2.42. The maximum Gasteiger partial charge on any atom is 0.255 e. The van der Waals surface area contributed by atoms with Crippen molar-refractivity contribution in [1.29, 1.82) is 0 Å². The van der Waals surface area contributed by atoms with Gasteiger partial charge < -0.3 is 21.1 Å². The van der Waals surface area contributed by atoms with Crippen LogP contribution in [0, 0.1) is 5.82 Å². The first-order chi connectivity index (χ1) is 14.6. The van der Waals surface area contributed by atoms with Gasteiger partial charge in [0.15, 0.2) is 11.6 Å². The Kier molecular flexibility index (Phi) is 6.65. The van der Waals surface area contributed by atoms with Crippen LogP contribution >= 0.6 is 11.3 Å². The first-order valence-corrected chi connectivity index (χ1v) is 10.5. The summed E-state index contributed by atoms with van der Waals surface area (Å²) in [5.74, 6) is -0.829. The molecule has 1 amide bonds. The summed E-state index contributed by atoms with van der Waals surface area (Å²) < 4.78 is 29.0. The fraction of sp³-hybridized carbons (Fsp3) is 0.400. The van der Waals surface area contributed by atoms with E-state index in [0.717, 1.165) is 0 Å². The Morgan fingerprint density at radius 2 is 2.00 bits per heavy atom. The Balaban J connectivity index is 1.83. The standard InChI is InChI=1S/C20H24F2N6O2S/c1-10(2)27-12-5-15(28-18-16(22)17-13(7-24-18)26-9-31-17)23-6-11(12)19(29)25-8-14(21)20(3,4)30/h5-7,9-10,14,30H,8H2,1-4H3,(H,25,29)(H2,23,24,27,28)/t14-/m1/s1. The number of hydrogen-bond donors (Lipinski definition) is 4. The molecule has 166 valence electrons. The third kappa shape index (κ3) is 5.42. The van der Waals surface area contributed by atoms with Crippen LogP contribution in [0.4, 0.5) is 26.1 Å². The number of halogens is 2. The number of nitrogens with zero attached hydrogens (tertiary/aromatic N) is 3. The number of anilines is 3. The summed E-state index contributed by atoms with van der Waals surface area (Å²) in [6.07, 6.45) is 1.13. The summed E-state index contributed by atoms with van der Waals surface area (Å²) in [6, 6.07) is 1.53. The van der Waals surface area contributed by atoms with Crippen molar-refractivity contribution in [2.75, 3.05) is 17.2 Å². The number of amides is 1. The van der Waals surface area contributed by atoms with E-state index in [-0.39, 0.29) is 29.8 Å². The molecule has 0 saturated heterocycles. The molecule has 0 aliphatic heterocycles. The van der Waals surface area contributed by atoms with E-state index in [1.807, 2.05) is 13.8 Å². The van der Waals surface area contributed by atoms with E-state index in [2.05, 4.69) is 30.9 Å². The summed E-state index contributed by atoms with van der Waals surface area (Å²) in [7, 11) is 0. The molecular weight excluding hydrogens is 426 g/mol. The molecule has 11 heteroatoms. The molecule has 0 bridgehead atoms. The third-order valence-electron chi connectivity index (χ3n) is 4.37. The lowest BCUT2D eigenvalue weighted by Gasteiger charge is -2.23. The van der Waals surface area contributed by atoms with Gasteiger partial charge in [0.05, 0.1) is 39.8 Å². The number of nitrogens with one attached hydrogen (secondary N) is 3. The number of pyridine rings is 2. The molecule has 3 heterocycles. The SMILES string of the molecule is CC(C)Nc1cc(Nc2ncc3ncsc3c2F)ncc1C(=O)NC[C@@H](F)C(C)(C)O. The molecule has 0 spiro atoms. The lowest BCUT2D eigenvalue weighted by molar-refractivity contribution is -0.00177. The van der Waals surface area contributed by atoms with E-state index in [9.17, 15) is 18.7 Å². The molecule has 3 rings (SSSR count). The van der Waals surface area contributed by atoms with E-state index >= 15 is 0 Å². The maximum atomic E-state index is 14.7. The van der Waals surface area contributed by atoms with Gasteiger partial charge in [-0.25, -0.2) is 23.7 Å². The van der Waals surface area contributed by atoms with Crippen molar-refractivity contribution in [3.05, 3.63) is 35.4 Å². The zero-order valence-electron chi connectivity index (χ0n) is 17.5. The zero-order chi connectivity index (χ0) is 22.8. The van der Waals surface area contributed by atoms with Crippen LogP contribution in [0.1, 0.15) is 38.1 Å². The maximum absolute atomic E-state index is 14.7. The summed E-state index contributed by atoms with van der Waals surface area (Å²) in [5.41, 5.74) is 1.05. The minimum atomic E-state index is -1.64. The van der Waals surface area contributed by atoms with Crippen molar-refractivity contribution in [3.8, 4) is 0 Å². The predicted octanol–water partition coefficient (Wildman–Crippen LogP) is 3.63. The quantitative estimate of drug-likeness (QED) is 0.415. The van der Waals surface area contributed by atoms with Crippen LogP contribution < -0.4 is 16.0 Å². The smallest absolute Gasteiger partial charge is 0.255 e. The Hall–Kier alpha value is -2.92. The Bertz CT molecular complexity index is 1080. The van der Waals surface area contributed by atoms with E-state index in [4.69, 9.17) is 0 Å². The topological polar surface area (TPSA) is 112 Å². The highest BCUT2D eigenvalue weighted by atomic mass is 32.1. The second-order valence-electron chi connectivity index (χ2n) is 7.86. The van der Waals surface area contributed by atoms with Crippen LogP contribution in [0.15, 0.2) is 24.0 Å². The highest BCUT2D eigenvalue weighted by molar-refractivity contribution is 7.16. The van der Waals surface area contributed by atoms with Gasteiger partial charge in [-0.15, -0.1) is 11.3 Å². The van der Waals surface area contributed by atoms with Crippen LogP contribution in [-0.4, -0.2) is 50.3 Å². The second-order valence-corrected chi connectivity index (χ2v) is 8.71. The minimum Gasteiger partial charge on any atom is -0.387 e. The first kappa shape index (κ1) is 22.8. The normalized spacial score (nSPS) is 12.8. The highest BCUT2D eigenvalue weighted by Crippen LogP contribution is 2.28. The monoisotopic (exact) mass is 450 g/mol. The van der Waals surface area contributed by atoms with Gasteiger partial charge in [-0.3, -0.25) is 4.79 Å². The first-order valence-electron chi connectivity index (χ1n) is 9.62. The van der Waals surface area contributed by atoms with Gasteiger partial charge in [-0.05, 0) is 27.7 Å². The molecule has 1 atom stereocenters. The van der Waals surface area contributed by atoms with Gasteiger partial charge in [0.25, 0.3) is 5.91 Å². The van der Waals surface area contributed by atoms with Crippen molar-refractivity contribution >= 4 is 44.8 Å². The summed E-state index contributed by atoms with van der Waals surface area (Å²) in [4.78, 5) is 24.8. The molecule has 0 fully saturated rings. The Morgan fingerprint density at radius 3 is 2.68 bits per heavy atom. The van der Waals surface area contributed by atoms with Gasteiger partial charge in [0, 0.05) is 18.3 Å². The van der Waals surface area contributed by atoms with Crippen molar-refractivity contribution < 1.29 is 18.7 Å². The number of alkyl halides is 1. The lowest BCUT2D eigenvalue weighted by atomic mass is 10.0. The molecule has 0 aromatic carbocycles. The number of aliphatic hydroxyl groups is 1. The van der Waals surface area contributed by atoms with E-state index < -0.39 is 23.5 Å². The predicted molar refractivity (Wildman–Crippen MR) is 117 cm³/mol. The van der Waals surface area contributed by atoms with Crippen LogP contribution in [0.5, 0.6) is 0 Å².